The maximum absolute atomic E-state index is 2.84. The minimum Gasteiger partial charge on any atom is -0.310 e. The third kappa shape index (κ3) is 5.03. The Kier molecular flexibility index (Phi) is 7.85. The van der Waals surface area contributed by atoms with Gasteiger partial charge in [0, 0.05) is 43.8 Å². The van der Waals surface area contributed by atoms with Gasteiger partial charge < -0.3 is 9.13 Å². The van der Waals surface area contributed by atoms with Crippen LogP contribution >= 0.6 is 0 Å². The van der Waals surface area contributed by atoms with Crippen molar-refractivity contribution >= 4 is 120 Å². The SMILES string of the molecule is C[Si](C)(C)c1ccc2c(c1)c1cc([Si](C)(C)C)cc3c1n2-c1c(-c2ccccc2)cc2c4c1B3c1cc([Si](C)(C)C)cc3c5cc([Si](C)(C)C)cc(c5n-4c13)C21c2ccccc2-c2ccccc21. The summed E-state index contributed by atoms with van der Waals surface area (Å²) < 4.78 is 5.61. The standard InChI is InChI=1S/C61H59BN2Si4/c1-65(2,3)37-26-27-54-44(28-37)45-30-39(67(7,8)9)33-52-57(45)63(54)59-43(36-20-14-13-15-21-36)35-51-60-55(59)62(52)53-34-40(68(10,11)12)31-47-46-29-38(66(4,5)6)32-50(56(46)64(60)58(47)53)61(51)48-24-18-16-22-41(48)42-23-17-19-25-49(42)61/h13-35H,1-12H3. The number of aromatic nitrogens is 2. The normalized spacial score (nSPS) is 15.1. The number of hydrogen-bond donors (Lipinski definition) is 0. The van der Waals surface area contributed by atoms with Crippen molar-refractivity contribution in [2.24, 2.45) is 0 Å². The van der Waals surface area contributed by atoms with Gasteiger partial charge in [-0.3, -0.25) is 0 Å². The molecule has 0 atom stereocenters. The molecule has 10 aromatic rings. The van der Waals surface area contributed by atoms with Crippen molar-refractivity contribution in [3.63, 3.8) is 0 Å². The molecule has 0 saturated heterocycles. The molecular weight excluding hydrogens is 884 g/mol. The van der Waals surface area contributed by atoms with Crippen molar-refractivity contribution in [3.05, 3.63) is 162 Å². The molecule has 2 nitrogen and oxygen atoms in total. The Labute approximate surface area is 405 Å². The molecule has 0 saturated carbocycles. The second kappa shape index (κ2) is 12.9. The van der Waals surface area contributed by atoms with Gasteiger partial charge >= 0.3 is 0 Å². The Morgan fingerprint density at radius 3 is 1.43 bits per heavy atom. The van der Waals surface area contributed by atoms with Gasteiger partial charge in [0.15, 0.2) is 0 Å². The molecule has 3 aliphatic heterocycles. The van der Waals surface area contributed by atoms with Gasteiger partial charge in [-0.05, 0) is 67.5 Å². The van der Waals surface area contributed by atoms with Gasteiger partial charge in [0.05, 0.1) is 54.4 Å². The molecule has 0 fully saturated rings. The summed E-state index contributed by atoms with van der Waals surface area (Å²) in [6.45, 7) is 30.6. The van der Waals surface area contributed by atoms with Gasteiger partial charge in [-0.15, -0.1) is 0 Å². The molecule has 332 valence electrons. The monoisotopic (exact) mass is 942 g/mol. The fourth-order valence-electron chi connectivity index (χ4n) is 13.4. The molecule has 68 heavy (non-hydrogen) atoms. The quantitative estimate of drug-likeness (QED) is 0.152. The fraction of sp³-hybridized carbons (Fsp3) is 0.213. The van der Waals surface area contributed by atoms with E-state index in [1.165, 1.54) is 126 Å². The van der Waals surface area contributed by atoms with E-state index in [1.807, 2.05) is 0 Å². The van der Waals surface area contributed by atoms with Crippen LogP contribution in [-0.2, 0) is 5.41 Å². The van der Waals surface area contributed by atoms with E-state index in [0.29, 0.717) is 0 Å². The maximum Gasteiger partial charge on any atom is 0.252 e. The third-order valence-corrected chi connectivity index (χ3v) is 25.0. The van der Waals surface area contributed by atoms with Crippen LogP contribution < -0.4 is 37.1 Å². The van der Waals surface area contributed by atoms with Crippen LogP contribution in [0.1, 0.15) is 22.3 Å². The molecule has 0 unspecified atom stereocenters. The van der Waals surface area contributed by atoms with Crippen molar-refractivity contribution in [3.8, 4) is 33.6 Å². The summed E-state index contributed by atoms with van der Waals surface area (Å²) in [4.78, 5) is 0. The summed E-state index contributed by atoms with van der Waals surface area (Å²) in [5.74, 6) is 0. The van der Waals surface area contributed by atoms with E-state index < -0.39 is 37.7 Å². The zero-order chi connectivity index (χ0) is 46.9. The first-order valence-corrected chi connectivity index (χ1v) is 39.1. The van der Waals surface area contributed by atoms with E-state index in [1.54, 1.807) is 10.4 Å². The summed E-state index contributed by atoms with van der Waals surface area (Å²) in [6, 6.07) is 56.8. The zero-order valence-electron chi connectivity index (χ0n) is 41.8. The average molecular weight is 943 g/mol. The molecule has 0 radical (unpaired) electrons. The van der Waals surface area contributed by atoms with Crippen molar-refractivity contribution in [1.29, 1.82) is 0 Å². The van der Waals surface area contributed by atoms with E-state index in [9.17, 15) is 0 Å². The van der Waals surface area contributed by atoms with Crippen molar-refractivity contribution in [1.82, 2.24) is 9.13 Å². The fourth-order valence-corrected chi connectivity index (χ4v) is 18.1. The minimum absolute atomic E-state index is 0.0482. The van der Waals surface area contributed by atoms with Gasteiger partial charge in [0.25, 0.3) is 6.71 Å². The van der Waals surface area contributed by atoms with Crippen molar-refractivity contribution < 1.29 is 0 Å². The Hall–Kier alpha value is -5.71. The highest BCUT2D eigenvalue weighted by molar-refractivity contribution is 7.02. The molecule has 8 aromatic carbocycles. The van der Waals surface area contributed by atoms with E-state index >= 15 is 0 Å². The molecule has 14 rings (SSSR count). The van der Waals surface area contributed by atoms with Gasteiger partial charge in [-0.2, -0.15) is 0 Å². The molecule has 0 amide bonds. The molecular formula is C61H59BN2Si4. The predicted molar refractivity (Wildman–Crippen MR) is 308 cm³/mol. The molecule has 7 heteroatoms. The smallest absolute Gasteiger partial charge is 0.252 e. The zero-order valence-corrected chi connectivity index (χ0v) is 45.8. The number of rotatable bonds is 5. The average Bonchev–Trinajstić information content (AvgIpc) is 3.92. The van der Waals surface area contributed by atoms with Crippen molar-refractivity contribution in [2.45, 2.75) is 84.0 Å². The molecule has 5 heterocycles. The van der Waals surface area contributed by atoms with E-state index in [-0.39, 0.29) is 6.71 Å². The molecule has 1 spiro atoms. The van der Waals surface area contributed by atoms with Crippen LogP contribution in [0.25, 0.3) is 77.2 Å². The summed E-state index contributed by atoms with van der Waals surface area (Å²) in [5.41, 5.74) is 23.3. The van der Waals surface area contributed by atoms with E-state index in [2.05, 4.69) is 227 Å². The first-order valence-electron chi connectivity index (χ1n) is 25.1. The van der Waals surface area contributed by atoms with Crippen LogP contribution in [0.3, 0.4) is 0 Å². The topological polar surface area (TPSA) is 9.86 Å². The second-order valence-electron chi connectivity index (χ2n) is 25.0. The first kappa shape index (κ1) is 41.3. The lowest BCUT2D eigenvalue weighted by Crippen LogP contribution is -2.62. The summed E-state index contributed by atoms with van der Waals surface area (Å²) in [7, 11) is -7.18. The molecule has 0 N–H and O–H groups in total. The molecule has 4 aliphatic rings. The summed E-state index contributed by atoms with van der Waals surface area (Å²) in [6.07, 6.45) is 0. The van der Waals surface area contributed by atoms with E-state index in [0.717, 1.165) is 0 Å². The van der Waals surface area contributed by atoms with Crippen LogP contribution in [0.4, 0.5) is 0 Å². The second-order valence-corrected chi connectivity index (χ2v) is 45.3. The molecule has 2 aromatic heterocycles. The van der Waals surface area contributed by atoms with E-state index in [4.69, 9.17) is 0 Å². The highest BCUT2D eigenvalue weighted by atomic mass is 28.3. The lowest BCUT2D eigenvalue weighted by atomic mass is 9.33. The highest BCUT2D eigenvalue weighted by Crippen LogP contribution is 2.62. The number of nitrogens with zero attached hydrogens (tertiary/aromatic N) is 2. The van der Waals surface area contributed by atoms with Crippen LogP contribution in [0, 0.1) is 0 Å². The Morgan fingerprint density at radius 1 is 0.368 bits per heavy atom. The van der Waals surface area contributed by atoms with Gasteiger partial charge in [-0.25, -0.2) is 0 Å². The number of fused-ring (bicyclic) bond motifs is 14. The Bertz CT molecular complexity index is 3910. The minimum atomic E-state index is -1.86. The van der Waals surface area contributed by atoms with Crippen LogP contribution in [-0.4, -0.2) is 48.1 Å². The number of hydrogen-bond acceptors (Lipinski definition) is 0. The first-order chi connectivity index (χ1) is 32.3. The third-order valence-electron chi connectivity index (χ3n) is 16.9. The van der Waals surface area contributed by atoms with Gasteiger partial charge in [0.2, 0.25) is 0 Å². The van der Waals surface area contributed by atoms with Gasteiger partial charge in [-0.1, -0.05) is 227 Å². The largest absolute Gasteiger partial charge is 0.310 e. The lowest BCUT2D eigenvalue weighted by molar-refractivity contribution is 0.750. The number of benzene rings is 8. The predicted octanol–water partition coefficient (Wildman–Crippen LogP) is 11.5. The highest BCUT2D eigenvalue weighted by Gasteiger charge is 2.55. The Morgan fingerprint density at radius 2 is 0.853 bits per heavy atom. The molecule has 1 aliphatic carbocycles. The maximum atomic E-state index is 2.84. The molecule has 0 bridgehead atoms. The Balaban J connectivity index is 1.31. The summed E-state index contributed by atoms with van der Waals surface area (Å²) in [5, 5.41) is 11.9. The van der Waals surface area contributed by atoms with Gasteiger partial charge in [0.1, 0.15) is 0 Å². The lowest BCUT2D eigenvalue weighted by Gasteiger charge is -2.45. The summed E-state index contributed by atoms with van der Waals surface area (Å²) >= 11 is 0. The van der Waals surface area contributed by atoms with Crippen LogP contribution in [0.15, 0.2) is 140 Å². The van der Waals surface area contributed by atoms with Crippen molar-refractivity contribution in [2.75, 3.05) is 0 Å². The van der Waals surface area contributed by atoms with Crippen LogP contribution in [0.2, 0.25) is 78.6 Å². The van der Waals surface area contributed by atoms with Crippen LogP contribution in [0.5, 0.6) is 0 Å².